The maximum absolute atomic E-state index is 12.8. The minimum Gasteiger partial charge on any atom is -0.474 e. The predicted molar refractivity (Wildman–Crippen MR) is 83.8 cm³/mol. The van der Waals surface area contributed by atoms with Crippen LogP contribution in [0.5, 0.6) is 5.75 Å². The molecule has 1 aliphatic heterocycles. The highest BCUT2D eigenvalue weighted by atomic mass is 35.5. The van der Waals surface area contributed by atoms with Crippen LogP contribution in [0.4, 0.5) is 5.69 Å². The third-order valence-electron chi connectivity index (χ3n) is 3.50. The lowest BCUT2D eigenvalue weighted by molar-refractivity contribution is -0.126. The summed E-state index contributed by atoms with van der Waals surface area (Å²) in [7, 11) is 0. The molecule has 1 aliphatic rings. The highest BCUT2D eigenvalue weighted by molar-refractivity contribution is 6.31. The van der Waals surface area contributed by atoms with Gasteiger partial charge in [0, 0.05) is 17.1 Å². The van der Waals surface area contributed by atoms with Gasteiger partial charge < -0.3 is 9.64 Å². The van der Waals surface area contributed by atoms with Crippen LogP contribution in [0.2, 0.25) is 5.02 Å². The number of nitrogens with zero attached hydrogens (tertiary/aromatic N) is 2. The average Bonchev–Trinajstić information content (AvgIpc) is 2.54. The van der Waals surface area contributed by atoms with Gasteiger partial charge in [-0.25, -0.2) is 0 Å². The Morgan fingerprint density at radius 2 is 2.00 bits per heavy atom. The molecule has 110 valence electrons. The zero-order chi connectivity index (χ0) is 15.5. The molecule has 0 saturated heterocycles. The number of amides is 1. The molecule has 2 aromatic rings. The molecule has 4 nitrogen and oxygen atoms in total. The van der Waals surface area contributed by atoms with Gasteiger partial charge in [0.05, 0.1) is 18.2 Å². The SMILES string of the molecule is N#CCCN1C(=O)C(c2ccccc2)Oc2ccc(Cl)cc21. The summed E-state index contributed by atoms with van der Waals surface area (Å²) >= 11 is 6.02. The molecule has 0 bridgehead atoms. The molecule has 5 heteroatoms. The van der Waals surface area contributed by atoms with E-state index < -0.39 is 6.10 Å². The second-order valence-electron chi connectivity index (χ2n) is 4.92. The van der Waals surface area contributed by atoms with E-state index in [4.69, 9.17) is 21.6 Å². The van der Waals surface area contributed by atoms with Gasteiger partial charge >= 0.3 is 0 Å². The van der Waals surface area contributed by atoms with Gasteiger partial charge in [-0.2, -0.15) is 5.26 Å². The smallest absolute Gasteiger partial charge is 0.272 e. The van der Waals surface area contributed by atoms with Crippen molar-refractivity contribution in [3.8, 4) is 11.8 Å². The summed E-state index contributed by atoms with van der Waals surface area (Å²) in [5.41, 5.74) is 1.40. The molecule has 0 fully saturated rings. The molecule has 2 aromatic carbocycles. The summed E-state index contributed by atoms with van der Waals surface area (Å²) in [6.45, 7) is 0.315. The Morgan fingerprint density at radius 1 is 1.23 bits per heavy atom. The molecule has 3 rings (SSSR count). The van der Waals surface area contributed by atoms with Gasteiger partial charge in [-0.15, -0.1) is 0 Å². The van der Waals surface area contributed by atoms with Crippen LogP contribution in [0.15, 0.2) is 48.5 Å². The predicted octanol–water partition coefficient (Wildman–Crippen LogP) is 3.72. The first kappa shape index (κ1) is 14.4. The first-order valence-electron chi connectivity index (χ1n) is 6.90. The second kappa shape index (κ2) is 6.08. The van der Waals surface area contributed by atoms with E-state index in [-0.39, 0.29) is 12.3 Å². The number of halogens is 1. The van der Waals surface area contributed by atoms with Crippen molar-refractivity contribution in [2.75, 3.05) is 11.4 Å². The largest absolute Gasteiger partial charge is 0.474 e. The van der Waals surface area contributed by atoms with Crippen molar-refractivity contribution in [1.82, 2.24) is 0 Å². The topological polar surface area (TPSA) is 53.3 Å². The lowest BCUT2D eigenvalue weighted by Gasteiger charge is -2.34. The van der Waals surface area contributed by atoms with Crippen LogP contribution in [0, 0.1) is 11.3 Å². The average molecular weight is 313 g/mol. The molecule has 0 radical (unpaired) electrons. The number of fused-ring (bicyclic) bond motifs is 1. The minimum absolute atomic E-state index is 0.184. The Morgan fingerprint density at radius 3 is 2.73 bits per heavy atom. The molecule has 0 N–H and O–H groups in total. The maximum atomic E-state index is 12.8. The number of carbonyl (C=O) groups excluding carboxylic acids is 1. The van der Waals surface area contributed by atoms with Crippen LogP contribution in [-0.2, 0) is 4.79 Å². The van der Waals surface area contributed by atoms with Crippen LogP contribution in [0.1, 0.15) is 18.1 Å². The zero-order valence-electron chi connectivity index (χ0n) is 11.7. The van der Waals surface area contributed by atoms with Gasteiger partial charge in [-0.05, 0) is 18.2 Å². The molecular formula is C17H13ClN2O2. The van der Waals surface area contributed by atoms with Crippen LogP contribution in [0.25, 0.3) is 0 Å². The van der Waals surface area contributed by atoms with Gasteiger partial charge in [0.25, 0.3) is 5.91 Å². The first-order chi connectivity index (χ1) is 10.7. The van der Waals surface area contributed by atoms with Crippen LogP contribution < -0.4 is 9.64 Å². The summed E-state index contributed by atoms with van der Waals surface area (Å²) < 4.78 is 5.86. The van der Waals surface area contributed by atoms with E-state index >= 15 is 0 Å². The van der Waals surface area contributed by atoms with Crippen LogP contribution >= 0.6 is 11.6 Å². The van der Waals surface area contributed by atoms with Crippen LogP contribution in [-0.4, -0.2) is 12.5 Å². The molecule has 0 saturated carbocycles. The second-order valence-corrected chi connectivity index (χ2v) is 5.36. The van der Waals surface area contributed by atoms with Crippen molar-refractivity contribution < 1.29 is 9.53 Å². The molecular weight excluding hydrogens is 300 g/mol. The number of rotatable bonds is 3. The number of hydrogen-bond acceptors (Lipinski definition) is 3. The highest BCUT2D eigenvalue weighted by Gasteiger charge is 2.35. The highest BCUT2D eigenvalue weighted by Crippen LogP contribution is 2.40. The molecule has 0 spiro atoms. The summed E-state index contributed by atoms with van der Waals surface area (Å²) in [6, 6.07) is 16.5. The molecule has 0 aliphatic carbocycles. The van der Waals surface area contributed by atoms with Crippen molar-refractivity contribution in [2.24, 2.45) is 0 Å². The van der Waals surface area contributed by atoms with E-state index in [0.29, 0.717) is 23.0 Å². The van der Waals surface area contributed by atoms with Gasteiger partial charge in [0.1, 0.15) is 5.75 Å². The van der Waals surface area contributed by atoms with Gasteiger partial charge in [-0.1, -0.05) is 41.9 Å². The standard InChI is InChI=1S/C17H13ClN2O2/c18-13-7-8-15-14(11-13)20(10-4-9-19)17(21)16(22-15)12-5-2-1-3-6-12/h1-3,5-8,11,16H,4,10H2. The lowest BCUT2D eigenvalue weighted by Crippen LogP contribution is -2.41. The summed E-state index contributed by atoms with van der Waals surface area (Å²) in [4.78, 5) is 14.3. The fourth-order valence-electron chi connectivity index (χ4n) is 2.47. The Bertz CT molecular complexity index is 740. The van der Waals surface area contributed by atoms with E-state index in [1.54, 1.807) is 23.1 Å². The zero-order valence-corrected chi connectivity index (χ0v) is 12.5. The third-order valence-corrected chi connectivity index (χ3v) is 3.73. The normalized spacial score (nSPS) is 16.6. The first-order valence-corrected chi connectivity index (χ1v) is 7.28. The lowest BCUT2D eigenvalue weighted by atomic mass is 10.1. The van der Waals surface area contributed by atoms with E-state index in [2.05, 4.69) is 6.07 Å². The fraction of sp³-hybridized carbons (Fsp3) is 0.176. The Labute approximate surface area is 133 Å². The molecule has 1 unspecified atom stereocenters. The van der Waals surface area contributed by atoms with Crippen molar-refractivity contribution in [1.29, 1.82) is 5.26 Å². The Kier molecular flexibility index (Phi) is 3.99. The maximum Gasteiger partial charge on any atom is 0.272 e. The van der Waals surface area contributed by atoms with Crippen molar-refractivity contribution >= 4 is 23.2 Å². The van der Waals surface area contributed by atoms with E-state index in [0.717, 1.165) is 5.56 Å². The quantitative estimate of drug-likeness (QED) is 0.868. The van der Waals surface area contributed by atoms with E-state index in [1.807, 2.05) is 30.3 Å². The fourth-order valence-corrected chi connectivity index (χ4v) is 2.64. The van der Waals surface area contributed by atoms with Crippen molar-refractivity contribution in [2.45, 2.75) is 12.5 Å². The van der Waals surface area contributed by atoms with Crippen molar-refractivity contribution in [3.63, 3.8) is 0 Å². The monoisotopic (exact) mass is 312 g/mol. The Hall–Kier alpha value is -2.51. The number of nitriles is 1. The van der Waals surface area contributed by atoms with E-state index in [9.17, 15) is 4.79 Å². The van der Waals surface area contributed by atoms with Gasteiger partial charge in [0.2, 0.25) is 6.10 Å². The number of benzene rings is 2. The molecule has 1 heterocycles. The van der Waals surface area contributed by atoms with Crippen molar-refractivity contribution in [3.05, 3.63) is 59.1 Å². The third kappa shape index (κ3) is 2.63. The Balaban J connectivity index is 2.03. The minimum atomic E-state index is -0.700. The number of hydrogen-bond donors (Lipinski definition) is 0. The molecule has 1 amide bonds. The van der Waals surface area contributed by atoms with Gasteiger partial charge in [0.15, 0.2) is 0 Å². The number of anilines is 1. The van der Waals surface area contributed by atoms with Crippen LogP contribution in [0.3, 0.4) is 0 Å². The summed E-state index contributed by atoms with van der Waals surface area (Å²) in [6.07, 6.45) is -0.451. The summed E-state index contributed by atoms with van der Waals surface area (Å²) in [5.74, 6) is 0.409. The molecule has 0 aromatic heterocycles. The molecule has 22 heavy (non-hydrogen) atoms. The number of ether oxygens (including phenoxy) is 1. The summed E-state index contributed by atoms with van der Waals surface area (Å²) in [5, 5.41) is 9.35. The van der Waals surface area contributed by atoms with Gasteiger partial charge in [-0.3, -0.25) is 4.79 Å². The molecule has 1 atom stereocenters. The number of carbonyl (C=O) groups is 1. The van der Waals surface area contributed by atoms with E-state index in [1.165, 1.54) is 0 Å².